The van der Waals surface area contributed by atoms with Gasteiger partial charge in [0, 0.05) is 22.2 Å². The highest BCUT2D eigenvalue weighted by Gasteiger charge is 2.12. The van der Waals surface area contributed by atoms with E-state index in [1.54, 1.807) is 24.3 Å². The first-order valence-electron chi connectivity index (χ1n) is 6.53. The fourth-order valence-corrected chi connectivity index (χ4v) is 2.68. The lowest BCUT2D eigenvalue weighted by molar-refractivity contribution is 0.665. The fourth-order valence-electron chi connectivity index (χ4n) is 2.51. The van der Waals surface area contributed by atoms with Gasteiger partial charge < -0.3 is 9.40 Å². The molecule has 2 heterocycles. The van der Waals surface area contributed by atoms with Crippen molar-refractivity contribution < 1.29 is 4.42 Å². The minimum Gasteiger partial charge on any atom is -0.450 e. The van der Waals surface area contributed by atoms with E-state index in [2.05, 4.69) is 4.98 Å². The third-order valence-electron chi connectivity index (χ3n) is 3.49. The lowest BCUT2D eigenvalue weighted by Gasteiger charge is -2.01. The zero-order chi connectivity index (χ0) is 14.4. The molecule has 4 aromatic rings. The Labute approximate surface area is 124 Å². The molecule has 3 nitrogen and oxygen atoms in total. The quantitative estimate of drug-likeness (QED) is 0.558. The highest BCUT2D eigenvalue weighted by Crippen LogP contribution is 2.29. The van der Waals surface area contributed by atoms with Crippen LogP contribution in [0.2, 0.25) is 5.02 Å². The highest BCUT2D eigenvalue weighted by molar-refractivity contribution is 6.31. The minimum atomic E-state index is -0.144. The molecule has 0 saturated carbocycles. The highest BCUT2D eigenvalue weighted by atomic mass is 35.5. The Bertz CT molecular complexity index is 1020. The van der Waals surface area contributed by atoms with Gasteiger partial charge in [0.2, 0.25) is 5.43 Å². The molecule has 102 valence electrons. The topological polar surface area (TPSA) is 46.0 Å². The Morgan fingerprint density at radius 3 is 2.62 bits per heavy atom. The van der Waals surface area contributed by atoms with Crippen molar-refractivity contribution in [3.63, 3.8) is 0 Å². The Hall–Kier alpha value is -2.52. The number of furan rings is 1. The van der Waals surface area contributed by atoms with Crippen LogP contribution in [0.4, 0.5) is 0 Å². The molecule has 0 unspecified atom stereocenters. The summed E-state index contributed by atoms with van der Waals surface area (Å²) in [5, 5.41) is 1.42. The van der Waals surface area contributed by atoms with E-state index in [0.29, 0.717) is 21.7 Å². The number of benzene rings is 2. The molecule has 0 atom stereocenters. The second kappa shape index (κ2) is 4.50. The fraction of sp³-hybridized carbons (Fsp3) is 0. The number of H-pyrrole nitrogens is 1. The number of fused-ring (bicyclic) bond motifs is 3. The molecule has 0 aliphatic carbocycles. The Balaban J connectivity index is 2.11. The lowest BCUT2D eigenvalue weighted by Crippen LogP contribution is -2.00. The van der Waals surface area contributed by atoms with Crippen LogP contribution in [0.25, 0.3) is 33.3 Å². The monoisotopic (exact) mass is 295 g/mol. The first kappa shape index (κ1) is 12.2. The summed E-state index contributed by atoms with van der Waals surface area (Å²) in [5.74, 6) is 0. The zero-order valence-corrected chi connectivity index (χ0v) is 11.6. The molecular weight excluding hydrogens is 286 g/mol. The van der Waals surface area contributed by atoms with Crippen molar-refractivity contribution in [2.24, 2.45) is 0 Å². The predicted octanol–water partition coefficient (Wildman–Crippen LogP) is 4.59. The minimum absolute atomic E-state index is 0.144. The summed E-state index contributed by atoms with van der Waals surface area (Å²) in [6.07, 6.45) is 0. The number of nitrogens with one attached hydrogen (secondary N) is 1. The van der Waals surface area contributed by atoms with Gasteiger partial charge in [0.05, 0.1) is 5.52 Å². The van der Waals surface area contributed by atoms with Crippen molar-refractivity contribution in [2.45, 2.75) is 0 Å². The Morgan fingerprint density at radius 2 is 1.81 bits per heavy atom. The van der Waals surface area contributed by atoms with Crippen molar-refractivity contribution in [3.05, 3.63) is 69.8 Å². The lowest BCUT2D eigenvalue weighted by atomic mass is 10.1. The van der Waals surface area contributed by atoms with E-state index in [-0.39, 0.29) is 5.43 Å². The molecule has 0 radical (unpaired) electrons. The number of rotatable bonds is 1. The van der Waals surface area contributed by atoms with Gasteiger partial charge in [0.1, 0.15) is 5.58 Å². The number of halogens is 1. The van der Waals surface area contributed by atoms with Crippen LogP contribution in [-0.4, -0.2) is 4.98 Å². The van der Waals surface area contributed by atoms with Crippen LogP contribution in [0.3, 0.4) is 0 Å². The number of aromatic amines is 1. The van der Waals surface area contributed by atoms with Crippen LogP contribution >= 0.6 is 11.6 Å². The predicted molar refractivity (Wildman–Crippen MR) is 84.8 cm³/mol. The first-order valence-corrected chi connectivity index (χ1v) is 6.91. The van der Waals surface area contributed by atoms with Crippen LogP contribution in [0.1, 0.15) is 0 Å². The second-order valence-corrected chi connectivity index (χ2v) is 5.30. The van der Waals surface area contributed by atoms with Crippen LogP contribution in [0.15, 0.2) is 63.8 Å². The standard InChI is InChI=1S/C17H10ClNO2/c18-11-6-7-15-12(8-11)16-17(21-15)14(20)9-13(19-16)10-4-2-1-3-5-10/h1-9H,(H,19,20). The third kappa shape index (κ3) is 1.94. The van der Waals surface area contributed by atoms with Crippen molar-refractivity contribution in [3.8, 4) is 11.3 Å². The van der Waals surface area contributed by atoms with Crippen molar-refractivity contribution in [1.29, 1.82) is 0 Å². The maximum absolute atomic E-state index is 12.3. The zero-order valence-electron chi connectivity index (χ0n) is 10.9. The van der Waals surface area contributed by atoms with Gasteiger partial charge in [-0.3, -0.25) is 4.79 Å². The number of hydrogen-bond acceptors (Lipinski definition) is 2. The molecule has 0 aliphatic heterocycles. The van der Waals surface area contributed by atoms with Crippen molar-refractivity contribution >= 4 is 33.7 Å². The van der Waals surface area contributed by atoms with Gasteiger partial charge >= 0.3 is 0 Å². The number of hydrogen-bond donors (Lipinski definition) is 1. The van der Waals surface area contributed by atoms with Crippen LogP contribution in [-0.2, 0) is 0 Å². The summed E-state index contributed by atoms with van der Waals surface area (Å²) in [7, 11) is 0. The maximum atomic E-state index is 12.3. The SMILES string of the molecule is O=c1cc(-c2ccccc2)[nH]c2c1oc1ccc(Cl)cc12. The molecule has 0 amide bonds. The largest absolute Gasteiger partial charge is 0.450 e. The van der Waals surface area contributed by atoms with Gasteiger partial charge in [-0.25, -0.2) is 0 Å². The van der Waals surface area contributed by atoms with Gasteiger partial charge in [-0.05, 0) is 23.8 Å². The van der Waals surface area contributed by atoms with Crippen LogP contribution in [0.5, 0.6) is 0 Å². The Kier molecular flexibility index (Phi) is 2.62. The van der Waals surface area contributed by atoms with E-state index in [0.717, 1.165) is 16.6 Å². The van der Waals surface area contributed by atoms with Gasteiger partial charge in [0.15, 0.2) is 5.58 Å². The molecule has 1 N–H and O–H groups in total. The summed E-state index contributed by atoms with van der Waals surface area (Å²) in [6, 6.07) is 16.6. The Morgan fingerprint density at radius 1 is 1.00 bits per heavy atom. The summed E-state index contributed by atoms with van der Waals surface area (Å²) in [5.41, 5.74) is 3.22. The number of aromatic nitrogens is 1. The molecule has 0 fully saturated rings. The summed E-state index contributed by atoms with van der Waals surface area (Å²) in [4.78, 5) is 15.6. The summed E-state index contributed by atoms with van der Waals surface area (Å²) < 4.78 is 5.63. The summed E-state index contributed by atoms with van der Waals surface area (Å²) in [6.45, 7) is 0. The van der Waals surface area contributed by atoms with E-state index in [1.165, 1.54) is 0 Å². The molecule has 4 rings (SSSR count). The van der Waals surface area contributed by atoms with Crippen LogP contribution < -0.4 is 5.43 Å². The maximum Gasteiger partial charge on any atom is 0.225 e. The molecule has 0 bridgehead atoms. The van der Waals surface area contributed by atoms with Crippen molar-refractivity contribution in [2.75, 3.05) is 0 Å². The molecule has 0 spiro atoms. The summed E-state index contributed by atoms with van der Waals surface area (Å²) >= 11 is 6.04. The van der Waals surface area contributed by atoms with Gasteiger partial charge in [-0.1, -0.05) is 41.9 Å². The molecule has 2 aromatic carbocycles. The number of pyridine rings is 1. The van der Waals surface area contributed by atoms with E-state index in [1.807, 2.05) is 30.3 Å². The first-order chi connectivity index (χ1) is 10.2. The van der Waals surface area contributed by atoms with E-state index in [9.17, 15) is 4.79 Å². The third-order valence-corrected chi connectivity index (χ3v) is 3.73. The molecule has 21 heavy (non-hydrogen) atoms. The van der Waals surface area contributed by atoms with E-state index < -0.39 is 0 Å². The van der Waals surface area contributed by atoms with Gasteiger partial charge in [-0.2, -0.15) is 0 Å². The molecular formula is C17H10ClNO2. The van der Waals surface area contributed by atoms with E-state index >= 15 is 0 Å². The normalized spacial score (nSPS) is 11.3. The molecule has 4 heteroatoms. The van der Waals surface area contributed by atoms with Gasteiger partial charge in [-0.15, -0.1) is 0 Å². The van der Waals surface area contributed by atoms with Crippen molar-refractivity contribution in [1.82, 2.24) is 4.98 Å². The molecule has 0 aliphatic rings. The second-order valence-electron chi connectivity index (χ2n) is 4.86. The van der Waals surface area contributed by atoms with E-state index in [4.69, 9.17) is 16.0 Å². The van der Waals surface area contributed by atoms with Gasteiger partial charge in [0.25, 0.3) is 0 Å². The molecule has 2 aromatic heterocycles. The average Bonchev–Trinajstić information content (AvgIpc) is 2.87. The van der Waals surface area contributed by atoms with Crippen LogP contribution in [0, 0.1) is 0 Å². The smallest absolute Gasteiger partial charge is 0.225 e. The molecule has 0 saturated heterocycles. The average molecular weight is 296 g/mol.